The molecule has 17 heavy (non-hydrogen) atoms. The lowest BCUT2D eigenvalue weighted by Gasteiger charge is -2.02. The lowest BCUT2D eigenvalue weighted by atomic mass is 10.1. The van der Waals surface area contributed by atoms with Gasteiger partial charge in [-0.2, -0.15) is 0 Å². The number of imidazole rings is 1. The molecule has 0 unspecified atom stereocenters. The molecule has 1 amide bonds. The standard InChI is InChI=1S/C13H15N3O/c1-10(17)14-12-6-4-11(5-7-12)13-8-15(2)9-16(13)3/h4-9H,1-3H3/p+1. The molecule has 0 spiro atoms. The summed E-state index contributed by atoms with van der Waals surface area (Å²) in [6.45, 7) is 1.51. The molecule has 88 valence electrons. The Bertz CT molecular complexity index is 540. The highest BCUT2D eigenvalue weighted by molar-refractivity contribution is 5.88. The first kappa shape index (κ1) is 11.4. The molecule has 0 aliphatic heterocycles. The van der Waals surface area contributed by atoms with Crippen molar-refractivity contribution in [3.05, 3.63) is 36.8 Å². The van der Waals surface area contributed by atoms with Crippen LogP contribution in [0.2, 0.25) is 0 Å². The minimum absolute atomic E-state index is 0.0528. The molecule has 0 atom stereocenters. The van der Waals surface area contributed by atoms with E-state index in [1.807, 2.05) is 49.3 Å². The first-order chi connectivity index (χ1) is 8.06. The van der Waals surface area contributed by atoms with Crippen LogP contribution in [0.15, 0.2) is 36.8 Å². The molecule has 1 heterocycles. The minimum atomic E-state index is -0.0528. The normalized spacial score (nSPS) is 10.3. The van der Waals surface area contributed by atoms with E-state index in [4.69, 9.17) is 0 Å². The summed E-state index contributed by atoms with van der Waals surface area (Å²) >= 11 is 0. The summed E-state index contributed by atoms with van der Waals surface area (Å²) in [5, 5.41) is 2.75. The Morgan fingerprint density at radius 1 is 1.29 bits per heavy atom. The molecule has 0 aliphatic rings. The van der Waals surface area contributed by atoms with Crippen molar-refractivity contribution < 1.29 is 9.36 Å². The molecule has 0 radical (unpaired) electrons. The monoisotopic (exact) mass is 230 g/mol. The number of hydrogen-bond donors (Lipinski definition) is 1. The van der Waals surface area contributed by atoms with Gasteiger partial charge in [-0.1, -0.05) is 0 Å². The van der Waals surface area contributed by atoms with Crippen molar-refractivity contribution in [1.82, 2.24) is 4.57 Å². The summed E-state index contributed by atoms with van der Waals surface area (Å²) in [5.41, 5.74) is 3.09. The van der Waals surface area contributed by atoms with Crippen LogP contribution < -0.4 is 9.88 Å². The van der Waals surface area contributed by atoms with Gasteiger partial charge in [0.15, 0.2) is 5.69 Å². The van der Waals surface area contributed by atoms with Gasteiger partial charge >= 0.3 is 0 Å². The van der Waals surface area contributed by atoms with Crippen molar-refractivity contribution in [2.45, 2.75) is 6.92 Å². The highest BCUT2D eigenvalue weighted by Crippen LogP contribution is 2.19. The predicted octanol–water partition coefficient (Wildman–Crippen LogP) is 1.48. The first-order valence-corrected chi connectivity index (χ1v) is 5.46. The number of aryl methyl sites for hydroxylation is 2. The number of rotatable bonds is 2. The average molecular weight is 230 g/mol. The Kier molecular flexibility index (Phi) is 2.95. The summed E-state index contributed by atoms with van der Waals surface area (Å²) in [7, 11) is 4.01. The van der Waals surface area contributed by atoms with E-state index in [0.29, 0.717) is 0 Å². The third-order valence-electron chi connectivity index (χ3n) is 2.56. The van der Waals surface area contributed by atoms with Gasteiger partial charge in [-0.05, 0) is 24.3 Å². The largest absolute Gasteiger partial charge is 0.326 e. The van der Waals surface area contributed by atoms with Crippen molar-refractivity contribution in [3.63, 3.8) is 0 Å². The van der Waals surface area contributed by atoms with Crippen molar-refractivity contribution in [3.8, 4) is 11.3 Å². The van der Waals surface area contributed by atoms with Crippen molar-refractivity contribution in [2.75, 3.05) is 5.32 Å². The second-order valence-electron chi connectivity index (χ2n) is 4.16. The molecule has 1 aromatic heterocycles. The highest BCUT2D eigenvalue weighted by Gasteiger charge is 2.10. The Morgan fingerprint density at radius 3 is 2.41 bits per heavy atom. The molecule has 2 rings (SSSR count). The number of hydrogen-bond acceptors (Lipinski definition) is 1. The third-order valence-corrected chi connectivity index (χ3v) is 2.56. The van der Waals surface area contributed by atoms with Gasteiger partial charge in [-0.15, -0.1) is 0 Å². The fourth-order valence-electron chi connectivity index (χ4n) is 1.86. The molecular weight excluding hydrogens is 214 g/mol. The number of anilines is 1. The minimum Gasteiger partial charge on any atom is -0.326 e. The van der Waals surface area contributed by atoms with E-state index in [-0.39, 0.29) is 5.91 Å². The van der Waals surface area contributed by atoms with Crippen molar-refractivity contribution in [1.29, 1.82) is 0 Å². The van der Waals surface area contributed by atoms with E-state index in [0.717, 1.165) is 16.9 Å². The van der Waals surface area contributed by atoms with E-state index in [1.54, 1.807) is 0 Å². The molecule has 4 heteroatoms. The number of carbonyl (C=O) groups excluding carboxylic acids is 1. The fourth-order valence-corrected chi connectivity index (χ4v) is 1.86. The second kappa shape index (κ2) is 4.41. The third kappa shape index (κ3) is 2.53. The maximum atomic E-state index is 10.9. The number of nitrogens with one attached hydrogen (secondary N) is 1. The van der Waals surface area contributed by atoms with Crippen LogP contribution in [0, 0.1) is 0 Å². The number of amides is 1. The number of aromatic nitrogens is 2. The van der Waals surface area contributed by atoms with Crippen molar-refractivity contribution >= 4 is 11.6 Å². The molecule has 0 saturated heterocycles. The SMILES string of the molecule is CC(=O)Nc1ccc(-c2c[n+](C)cn2C)cc1. The van der Waals surface area contributed by atoms with E-state index in [9.17, 15) is 4.79 Å². The number of benzene rings is 1. The van der Waals surface area contributed by atoms with Crippen LogP contribution in [0.25, 0.3) is 11.3 Å². The maximum absolute atomic E-state index is 10.9. The Hall–Kier alpha value is -2.10. The Morgan fingerprint density at radius 2 is 1.94 bits per heavy atom. The van der Waals surface area contributed by atoms with Crippen molar-refractivity contribution in [2.24, 2.45) is 14.1 Å². The molecule has 0 aliphatic carbocycles. The molecule has 4 nitrogen and oxygen atoms in total. The topological polar surface area (TPSA) is 37.9 Å². The molecule has 1 aromatic carbocycles. The summed E-state index contributed by atoms with van der Waals surface area (Å²) in [4.78, 5) is 10.9. The van der Waals surface area contributed by atoms with Gasteiger partial charge in [-0.3, -0.25) is 4.79 Å². The van der Waals surface area contributed by atoms with E-state index in [2.05, 4.69) is 16.1 Å². The predicted molar refractivity (Wildman–Crippen MR) is 66.3 cm³/mol. The zero-order valence-corrected chi connectivity index (χ0v) is 10.3. The van der Waals surface area contributed by atoms with Crippen LogP contribution in [0.1, 0.15) is 6.92 Å². The van der Waals surface area contributed by atoms with Gasteiger partial charge in [-0.25, -0.2) is 9.13 Å². The molecule has 2 aromatic rings. The fraction of sp³-hybridized carbons (Fsp3) is 0.231. The molecule has 0 bridgehead atoms. The van der Waals surface area contributed by atoms with Crippen LogP contribution in [-0.4, -0.2) is 10.5 Å². The Labute approximate surface area is 101 Å². The Balaban J connectivity index is 2.29. The number of nitrogens with zero attached hydrogens (tertiary/aromatic N) is 2. The average Bonchev–Trinajstić information content (AvgIpc) is 2.58. The summed E-state index contributed by atoms with van der Waals surface area (Å²) in [5.74, 6) is -0.0528. The second-order valence-corrected chi connectivity index (χ2v) is 4.16. The summed E-state index contributed by atoms with van der Waals surface area (Å²) in [6.07, 6.45) is 4.07. The zero-order valence-electron chi connectivity index (χ0n) is 10.3. The van der Waals surface area contributed by atoms with Crippen LogP contribution >= 0.6 is 0 Å². The smallest absolute Gasteiger partial charge is 0.243 e. The van der Waals surface area contributed by atoms with Gasteiger partial charge in [0.2, 0.25) is 12.2 Å². The summed E-state index contributed by atoms with van der Waals surface area (Å²) in [6, 6.07) is 7.81. The quantitative estimate of drug-likeness (QED) is 0.780. The lowest BCUT2D eigenvalue weighted by Crippen LogP contribution is -2.23. The number of carbonyl (C=O) groups is 1. The van der Waals surface area contributed by atoms with Gasteiger partial charge in [0.25, 0.3) is 0 Å². The van der Waals surface area contributed by atoms with Gasteiger partial charge in [0.1, 0.15) is 6.20 Å². The van der Waals surface area contributed by atoms with Crippen LogP contribution in [0.5, 0.6) is 0 Å². The molecule has 1 N–H and O–H groups in total. The molecular formula is C13H16N3O+. The van der Waals surface area contributed by atoms with E-state index < -0.39 is 0 Å². The zero-order chi connectivity index (χ0) is 12.4. The van der Waals surface area contributed by atoms with Gasteiger partial charge < -0.3 is 5.32 Å². The summed E-state index contributed by atoms with van der Waals surface area (Å²) < 4.78 is 4.07. The van der Waals surface area contributed by atoms with Gasteiger partial charge in [0.05, 0.1) is 14.1 Å². The lowest BCUT2D eigenvalue weighted by molar-refractivity contribution is -0.670. The molecule has 0 fully saturated rings. The van der Waals surface area contributed by atoms with Crippen LogP contribution in [0.4, 0.5) is 5.69 Å². The first-order valence-electron chi connectivity index (χ1n) is 5.46. The molecule has 0 saturated carbocycles. The highest BCUT2D eigenvalue weighted by atomic mass is 16.1. The van der Waals surface area contributed by atoms with E-state index in [1.165, 1.54) is 6.92 Å². The van der Waals surface area contributed by atoms with E-state index >= 15 is 0 Å². The van der Waals surface area contributed by atoms with Crippen LogP contribution in [0.3, 0.4) is 0 Å². The van der Waals surface area contributed by atoms with Crippen LogP contribution in [-0.2, 0) is 18.9 Å². The maximum Gasteiger partial charge on any atom is 0.243 e. The van der Waals surface area contributed by atoms with Gasteiger partial charge in [0, 0.05) is 18.2 Å².